The van der Waals surface area contributed by atoms with Gasteiger partial charge in [-0.1, -0.05) is 6.07 Å². The normalized spacial score (nSPS) is 12.4. The maximum absolute atomic E-state index is 13.0. The molecule has 0 aliphatic rings. The first kappa shape index (κ1) is 11.6. The molecule has 4 nitrogen and oxygen atoms in total. The van der Waals surface area contributed by atoms with Crippen LogP contribution in [-0.4, -0.2) is 21.5 Å². The molecule has 0 amide bonds. The van der Waals surface area contributed by atoms with Crippen molar-refractivity contribution in [2.45, 2.75) is 6.04 Å². The molecule has 0 aliphatic heterocycles. The molecule has 1 aromatic carbocycles. The van der Waals surface area contributed by atoms with Crippen LogP contribution in [0.2, 0.25) is 0 Å². The number of hydrogen-bond donors (Lipinski definition) is 2. The van der Waals surface area contributed by atoms with Crippen molar-refractivity contribution in [2.24, 2.45) is 7.05 Å². The Morgan fingerprint density at radius 3 is 2.94 bits per heavy atom. The molecule has 5 heteroatoms. The van der Waals surface area contributed by atoms with Gasteiger partial charge in [0.2, 0.25) is 0 Å². The van der Waals surface area contributed by atoms with E-state index in [1.54, 1.807) is 30.1 Å². The van der Waals surface area contributed by atoms with Gasteiger partial charge in [0.05, 0.1) is 18.8 Å². The number of aliphatic hydroxyl groups is 1. The molecule has 0 saturated heterocycles. The molecule has 0 bridgehead atoms. The Morgan fingerprint density at radius 1 is 1.53 bits per heavy atom. The molecular formula is C12H14FN3O. The third-order valence-electron chi connectivity index (χ3n) is 2.48. The summed E-state index contributed by atoms with van der Waals surface area (Å²) in [5, 5.41) is 16.4. The van der Waals surface area contributed by atoms with E-state index in [0.29, 0.717) is 5.69 Å². The smallest absolute Gasteiger partial charge is 0.125 e. The fourth-order valence-electron chi connectivity index (χ4n) is 1.63. The standard InChI is InChI=1S/C12H14FN3O/c1-16-7-9(6-14-16)12(8-17)15-11-4-2-3-10(13)5-11/h2-7,12,15,17H,8H2,1H3. The zero-order chi connectivity index (χ0) is 12.3. The predicted octanol–water partition coefficient (Wildman–Crippen LogP) is 1.70. The summed E-state index contributed by atoms with van der Waals surface area (Å²) < 4.78 is 14.7. The molecule has 1 unspecified atom stereocenters. The van der Waals surface area contributed by atoms with Crippen molar-refractivity contribution in [2.75, 3.05) is 11.9 Å². The van der Waals surface area contributed by atoms with Crippen molar-refractivity contribution < 1.29 is 9.50 Å². The van der Waals surface area contributed by atoms with Gasteiger partial charge in [-0.05, 0) is 18.2 Å². The Morgan fingerprint density at radius 2 is 2.35 bits per heavy atom. The quantitative estimate of drug-likeness (QED) is 0.848. The van der Waals surface area contributed by atoms with Crippen LogP contribution in [0.4, 0.5) is 10.1 Å². The first-order valence-electron chi connectivity index (χ1n) is 5.30. The minimum Gasteiger partial charge on any atom is -0.394 e. The zero-order valence-electron chi connectivity index (χ0n) is 9.47. The van der Waals surface area contributed by atoms with Crippen molar-refractivity contribution in [1.82, 2.24) is 9.78 Å². The van der Waals surface area contributed by atoms with Gasteiger partial charge in [-0.15, -0.1) is 0 Å². The molecule has 1 atom stereocenters. The average Bonchev–Trinajstić information content (AvgIpc) is 2.73. The van der Waals surface area contributed by atoms with Gasteiger partial charge in [-0.3, -0.25) is 4.68 Å². The van der Waals surface area contributed by atoms with Gasteiger partial charge in [-0.2, -0.15) is 5.10 Å². The van der Waals surface area contributed by atoms with Crippen LogP contribution in [0, 0.1) is 5.82 Å². The third-order valence-corrected chi connectivity index (χ3v) is 2.48. The fourth-order valence-corrected chi connectivity index (χ4v) is 1.63. The Hall–Kier alpha value is -1.88. The maximum atomic E-state index is 13.0. The number of nitrogens with one attached hydrogen (secondary N) is 1. The second-order valence-corrected chi connectivity index (χ2v) is 3.84. The summed E-state index contributed by atoms with van der Waals surface area (Å²) in [5.74, 6) is -0.308. The maximum Gasteiger partial charge on any atom is 0.125 e. The molecule has 1 heterocycles. The highest BCUT2D eigenvalue weighted by Crippen LogP contribution is 2.19. The van der Waals surface area contributed by atoms with Crippen LogP contribution in [0.5, 0.6) is 0 Å². The minimum absolute atomic E-state index is 0.0811. The van der Waals surface area contributed by atoms with E-state index in [2.05, 4.69) is 10.4 Å². The molecule has 2 rings (SSSR count). The summed E-state index contributed by atoms with van der Waals surface area (Å²) in [4.78, 5) is 0. The molecule has 1 aromatic heterocycles. The van der Waals surface area contributed by atoms with Crippen LogP contribution < -0.4 is 5.32 Å². The van der Waals surface area contributed by atoms with E-state index in [4.69, 9.17) is 0 Å². The van der Waals surface area contributed by atoms with Gasteiger partial charge < -0.3 is 10.4 Å². The van der Waals surface area contributed by atoms with E-state index in [0.717, 1.165) is 5.56 Å². The second-order valence-electron chi connectivity index (χ2n) is 3.84. The molecular weight excluding hydrogens is 221 g/mol. The molecule has 90 valence electrons. The summed E-state index contributed by atoms with van der Waals surface area (Å²) in [7, 11) is 1.81. The number of rotatable bonds is 4. The van der Waals surface area contributed by atoms with Crippen LogP contribution >= 0.6 is 0 Å². The second kappa shape index (κ2) is 4.97. The van der Waals surface area contributed by atoms with Gasteiger partial charge >= 0.3 is 0 Å². The lowest BCUT2D eigenvalue weighted by Crippen LogP contribution is -2.14. The SMILES string of the molecule is Cn1cc(C(CO)Nc2cccc(F)c2)cn1. The van der Waals surface area contributed by atoms with E-state index in [-0.39, 0.29) is 18.5 Å². The van der Waals surface area contributed by atoms with Crippen molar-refractivity contribution in [3.63, 3.8) is 0 Å². The summed E-state index contributed by atoms with van der Waals surface area (Å²) in [6, 6.07) is 5.85. The zero-order valence-corrected chi connectivity index (χ0v) is 9.47. The Bertz CT molecular complexity index is 498. The van der Waals surface area contributed by atoms with Crippen molar-refractivity contribution in [3.05, 3.63) is 48.0 Å². The lowest BCUT2D eigenvalue weighted by atomic mass is 10.1. The van der Waals surface area contributed by atoms with Gasteiger partial charge in [0.1, 0.15) is 5.82 Å². The summed E-state index contributed by atoms with van der Waals surface area (Å²) >= 11 is 0. The fraction of sp³-hybridized carbons (Fsp3) is 0.250. The van der Waals surface area contributed by atoms with Gasteiger partial charge in [0, 0.05) is 24.5 Å². The average molecular weight is 235 g/mol. The number of benzene rings is 1. The van der Waals surface area contributed by atoms with Crippen LogP contribution in [0.25, 0.3) is 0 Å². The number of halogens is 1. The summed E-state index contributed by atoms with van der Waals surface area (Å²) in [5.41, 5.74) is 1.49. The van der Waals surface area contributed by atoms with Crippen molar-refractivity contribution in [1.29, 1.82) is 0 Å². The number of hydrogen-bond acceptors (Lipinski definition) is 3. The highest BCUT2D eigenvalue weighted by atomic mass is 19.1. The van der Waals surface area contributed by atoms with Crippen molar-refractivity contribution in [3.8, 4) is 0 Å². The highest BCUT2D eigenvalue weighted by molar-refractivity contribution is 5.45. The Kier molecular flexibility index (Phi) is 3.39. The molecule has 0 fully saturated rings. The van der Waals surface area contributed by atoms with E-state index in [1.165, 1.54) is 12.1 Å². The lowest BCUT2D eigenvalue weighted by molar-refractivity contribution is 0.276. The van der Waals surface area contributed by atoms with E-state index < -0.39 is 0 Å². The van der Waals surface area contributed by atoms with Gasteiger partial charge in [0.15, 0.2) is 0 Å². The predicted molar refractivity (Wildman–Crippen MR) is 63.1 cm³/mol. The van der Waals surface area contributed by atoms with Crippen LogP contribution in [0.15, 0.2) is 36.7 Å². The van der Waals surface area contributed by atoms with E-state index in [1.807, 2.05) is 6.20 Å². The van der Waals surface area contributed by atoms with Gasteiger partial charge in [0.25, 0.3) is 0 Å². The minimum atomic E-state index is -0.308. The Balaban J connectivity index is 2.15. The van der Waals surface area contributed by atoms with Crippen LogP contribution in [0.1, 0.15) is 11.6 Å². The van der Waals surface area contributed by atoms with Gasteiger partial charge in [-0.25, -0.2) is 4.39 Å². The molecule has 0 aliphatic carbocycles. The lowest BCUT2D eigenvalue weighted by Gasteiger charge is -2.15. The number of nitrogens with zero attached hydrogens (tertiary/aromatic N) is 2. The first-order chi connectivity index (χ1) is 8.19. The molecule has 0 spiro atoms. The molecule has 17 heavy (non-hydrogen) atoms. The highest BCUT2D eigenvalue weighted by Gasteiger charge is 2.12. The number of aliphatic hydroxyl groups excluding tert-OH is 1. The van der Waals surface area contributed by atoms with E-state index >= 15 is 0 Å². The third kappa shape index (κ3) is 2.82. The van der Waals surface area contributed by atoms with E-state index in [9.17, 15) is 9.50 Å². The monoisotopic (exact) mass is 235 g/mol. The first-order valence-corrected chi connectivity index (χ1v) is 5.30. The number of anilines is 1. The molecule has 0 saturated carbocycles. The van der Waals surface area contributed by atoms with Crippen LogP contribution in [-0.2, 0) is 7.05 Å². The topological polar surface area (TPSA) is 50.1 Å². The molecule has 2 N–H and O–H groups in total. The molecule has 2 aromatic rings. The van der Waals surface area contributed by atoms with Crippen LogP contribution in [0.3, 0.4) is 0 Å². The number of aryl methyl sites for hydroxylation is 1. The molecule has 0 radical (unpaired) electrons. The largest absolute Gasteiger partial charge is 0.394 e. The Labute approximate surface area is 98.7 Å². The summed E-state index contributed by atoms with van der Waals surface area (Å²) in [6.07, 6.45) is 3.49. The van der Waals surface area contributed by atoms with Crippen molar-refractivity contribution >= 4 is 5.69 Å². The summed E-state index contributed by atoms with van der Waals surface area (Å²) in [6.45, 7) is -0.0811. The number of aromatic nitrogens is 2.